The number of pyridine rings is 1. The normalized spacial score (nSPS) is 20.2. The summed E-state index contributed by atoms with van der Waals surface area (Å²) in [5, 5.41) is 2.35. The van der Waals surface area contributed by atoms with Crippen molar-refractivity contribution >= 4 is 24.3 Å². The van der Waals surface area contributed by atoms with Gasteiger partial charge >= 0.3 is 0 Å². The van der Waals surface area contributed by atoms with E-state index in [1.54, 1.807) is 0 Å². The molecule has 0 amide bonds. The van der Waals surface area contributed by atoms with Crippen LogP contribution in [0, 0.1) is 5.92 Å². The molecule has 1 unspecified atom stereocenters. The van der Waals surface area contributed by atoms with Crippen LogP contribution in [-0.2, 0) is 0 Å². The molecule has 0 radical (unpaired) electrons. The second kappa shape index (κ2) is 4.30. The first-order chi connectivity index (χ1) is 8.36. The van der Waals surface area contributed by atoms with Crippen molar-refractivity contribution < 1.29 is 0 Å². The van der Waals surface area contributed by atoms with E-state index in [9.17, 15) is 0 Å². The average molecular weight is 224 g/mol. The van der Waals surface area contributed by atoms with E-state index in [0.717, 1.165) is 30.4 Å². The lowest BCUT2D eigenvalue weighted by molar-refractivity contribution is 0.748. The first kappa shape index (κ1) is 10.5. The van der Waals surface area contributed by atoms with Crippen molar-refractivity contribution in [2.75, 3.05) is 6.54 Å². The van der Waals surface area contributed by atoms with Gasteiger partial charge in [0.15, 0.2) is 0 Å². The quantitative estimate of drug-likeness (QED) is 0.815. The molecule has 1 heterocycles. The van der Waals surface area contributed by atoms with Gasteiger partial charge in [0.05, 0.1) is 11.0 Å². The van der Waals surface area contributed by atoms with Crippen LogP contribution in [0.1, 0.15) is 24.1 Å². The van der Waals surface area contributed by atoms with Crippen LogP contribution in [0.3, 0.4) is 0 Å². The number of aromatic nitrogens is 1. The van der Waals surface area contributed by atoms with Crippen LogP contribution in [0.25, 0.3) is 24.3 Å². The Labute approximate surface area is 101 Å². The molecule has 0 aliphatic heterocycles. The van der Waals surface area contributed by atoms with Crippen molar-refractivity contribution in [3.8, 4) is 0 Å². The SMILES string of the molecule is NCCC1C=Cc2nc3c(cc2=C1)C=CCC=3. The third-order valence-corrected chi connectivity index (χ3v) is 3.28. The third kappa shape index (κ3) is 1.96. The lowest BCUT2D eigenvalue weighted by Crippen LogP contribution is -2.25. The summed E-state index contributed by atoms with van der Waals surface area (Å²) in [6, 6.07) is 2.23. The van der Waals surface area contributed by atoms with Gasteiger partial charge in [-0.05, 0) is 42.7 Å². The molecule has 86 valence electrons. The van der Waals surface area contributed by atoms with Gasteiger partial charge in [0, 0.05) is 5.56 Å². The van der Waals surface area contributed by atoms with Crippen molar-refractivity contribution in [2.45, 2.75) is 12.8 Å². The van der Waals surface area contributed by atoms with Gasteiger partial charge in [-0.2, -0.15) is 0 Å². The molecular formula is C15H16N2. The van der Waals surface area contributed by atoms with E-state index in [4.69, 9.17) is 10.7 Å². The van der Waals surface area contributed by atoms with Gasteiger partial charge in [-0.1, -0.05) is 30.4 Å². The molecular weight excluding hydrogens is 208 g/mol. The van der Waals surface area contributed by atoms with E-state index < -0.39 is 0 Å². The summed E-state index contributed by atoms with van der Waals surface area (Å²) >= 11 is 0. The number of allylic oxidation sites excluding steroid dienone is 2. The van der Waals surface area contributed by atoms with E-state index in [1.165, 1.54) is 10.8 Å². The van der Waals surface area contributed by atoms with Crippen LogP contribution in [0.5, 0.6) is 0 Å². The largest absolute Gasteiger partial charge is 0.330 e. The Balaban J connectivity index is 2.13. The van der Waals surface area contributed by atoms with Crippen molar-refractivity contribution in [3.05, 3.63) is 40.0 Å². The minimum atomic E-state index is 0.462. The highest BCUT2D eigenvalue weighted by atomic mass is 14.7. The molecule has 2 nitrogen and oxygen atoms in total. The molecule has 0 spiro atoms. The number of hydrogen-bond donors (Lipinski definition) is 1. The molecule has 3 rings (SSSR count). The van der Waals surface area contributed by atoms with E-state index in [-0.39, 0.29) is 0 Å². The van der Waals surface area contributed by atoms with Gasteiger partial charge < -0.3 is 5.73 Å². The minimum absolute atomic E-state index is 0.462. The van der Waals surface area contributed by atoms with Crippen LogP contribution < -0.4 is 16.3 Å². The van der Waals surface area contributed by atoms with Gasteiger partial charge in [0.2, 0.25) is 0 Å². The molecule has 1 aromatic heterocycles. The maximum Gasteiger partial charge on any atom is 0.0703 e. The summed E-state index contributed by atoms with van der Waals surface area (Å²) in [5.74, 6) is 0.462. The van der Waals surface area contributed by atoms with Gasteiger partial charge in [-0.3, -0.25) is 0 Å². The summed E-state index contributed by atoms with van der Waals surface area (Å²) in [6.45, 7) is 0.729. The predicted octanol–water partition coefficient (Wildman–Crippen LogP) is 1.05. The highest BCUT2D eigenvalue weighted by Gasteiger charge is 2.08. The highest BCUT2D eigenvalue weighted by Crippen LogP contribution is 2.12. The monoisotopic (exact) mass is 224 g/mol. The molecule has 0 saturated carbocycles. The molecule has 0 aromatic carbocycles. The molecule has 0 bridgehead atoms. The zero-order chi connectivity index (χ0) is 11.7. The molecule has 2 aliphatic carbocycles. The maximum absolute atomic E-state index is 5.60. The Morgan fingerprint density at radius 1 is 1.35 bits per heavy atom. The Kier molecular flexibility index (Phi) is 2.65. The van der Waals surface area contributed by atoms with Crippen molar-refractivity contribution in [3.63, 3.8) is 0 Å². The second-order valence-corrected chi connectivity index (χ2v) is 4.55. The standard InChI is InChI=1S/C15H16N2/c16-8-7-11-5-6-15-13(9-11)10-12-3-1-2-4-14(12)17-15/h1,3-6,9-11H,2,7-8,16H2. The summed E-state index contributed by atoms with van der Waals surface area (Å²) in [6.07, 6.45) is 15.1. The lowest BCUT2D eigenvalue weighted by Gasteiger charge is -2.12. The first-order valence-electron chi connectivity index (χ1n) is 6.15. The summed E-state index contributed by atoms with van der Waals surface area (Å²) in [5.41, 5.74) is 7.92. The van der Waals surface area contributed by atoms with Crippen molar-refractivity contribution in [2.24, 2.45) is 11.7 Å². The van der Waals surface area contributed by atoms with Crippen LogP contribution in [0.4, 0.5) is 0 Å². The molecule has 0 saturated heterocycles. The average Bonchev–Trinajstić information content (AvgIpc) is 2.36. The summed E-state index contributed by atoms with van der Waals surface area (Å²) < 4.78 is 0. The van der Waals surface area contributed by atoms with E-state index in [2.05, 4.69) is 42.5 Å². The second-order valence-electron chi connectivity index (χ2n) is 4.55. The minimum Gasteiger partial charge on any atom is -0.330 e. The van der Waals surface area contributed by atoms with Crippen molar-refractivity contribution in [1.82, 2.24) is 4.98 Å². The van der Waals surface area contributed by atoms with E-state index >= 15 is 0 Å². The molecule has 2 N–H and O–H groups in total. The lowest BCUT2D eigenvalue weighted by atomic mass is 9.96. The van der Waals surface area contributed by atoms with Crippen LogP contribution >= 0.6 is 0 Å². The van der Waals surface area contributed by atoms with Crippen molar-refractivity contribution in [1.29, 1.82) is 0 Å². The van der Waals surface area contributed by atoms with Crippen LogP contribution in [0.15, 0.2) is 18.2 Å². The molecule has 2 heteroatoms. The van der Waals surface area contributed by atoms with Crippen LogP contribution in [0.2, 0.25) is 0 Å². The number of nitrogens with zero attached hydrogens (tertiary/aromatic N) is 1. The van der Waals surface area contributed by atoms with Gasteiger partial charge in [0.1, 0.15) is 0 Å². The molecule has 17 heavy (non-hydrogen) atoms. The predicted molar refractivity (Wildman–Crippen MR) is 72.3 cm³/mol. The number of rotatable bonds is 2. The Morgan fingerprint density at radius 3 is 3.18 bits per heavy atom. The van der Waals surface area contributed by atoms with Crippen LogP contribution in [-0.4, -0.2) is 11.5 Å². The number of fused-ring (bicyclic) bond motifs is 2. The first-order valence-corrected chi connectivity index (χ1v) is 6.15. The molecule has 1 atom stereocenters. The van der Waals surface area contributed by atoms with Gasteiger partial charge in [-0.15, -0.1) is 0 Å². The Bertz CT molecular complexity index is 609. The van der Waals surface area contributed by atoms with Gasteiger partial charge in [0.25, 0.3) is 0 Å². The Morgan fingerprint density at radius 2 is 2.29 bits per heavy atom. The fraction of sp³-hybridized carbons (Fsp3) is 0.267. The third-order valence-electron chi connectivity index (χ3n) is 3.28. The number of hydrogen-bond acceptors (Lipinski definition) is 2. The van der Waals surface area contributed by atoms with E-state index in [0.29, 0.717) is 5.92 Å². The fourth-order valence-corrected chi connectivity index (χ4v) is 2.39. The zero-order valence-electron chi connectivity index (χ0n) is 9.76. The molecule has 1 aromatic rings. The maximum atomic E-state index is 5.60. The molecule has 2 aliphatic rings. The summed E-state index contributed by atoms with van der Waals surface area (Å²) in [4.78, 5) is 4.69. The number of nitrogens with two attached hydrogens (primary N) is 1. The molecule has 0 fully saturated rings. The fourth-order valence-electron chi connectivity index (χ4n) is 2.39. The highest BCUT2D eigenvalue weighted by molar-refractivity contribution is 5.61. The van der Waals surface area contributed by atoms with E-state index in [1.807, 2.05) is 0 Å². The Hall–Kier alpha value is -1.67. The van der Waals surface area contributed by atoms with Gasteiger partial charge in [-0.25, -0.2) is 4.98 Å². The smallest absolute Gasteiger partial charge is 0.0703 e. The zero-order valence-corrected chi connectivity index (χ0v) is 9.76. The topological polar surface area (TPSA) is 38.9 Å². The summed E-state index contributed by atoms with van der Waals surface area (Å²) in [7, 11) is 0.